The average Bonchev–Trinajstić information content (AvgIpc) is 2.32. The number of aliphatic hydroxyl groups excluding tert-OH is 2. The van der Waals surface area contributed by atoms with Gasteiger partial charge in [-0.3, -0.25) is 0 Å². The lowest BCUT2D eigenvalue weighted by atomic mass is 10.2. The second-order valence-electron chi connectivity index (χ2n) is 2.97. The molecule has 90 valence electrons. The highest BCUT2D eigenvalue weighted by Gasteiger charge is 1.79. The number of ether oxygens (including phenoxy) is 1. The summed E-state index contributed by atoms with van der Waals surface area (Å²) in [5.74, 6) is 0. The van der Waals surface area contributed by atoms with E-state index in [0.717, 1.165) is 0 Å². The lowest BCUT2D eigenvalue weighted by molar-refractivity contribution is 0.0650. The highest BCUT2D eigenvalue weighted by atomic mass is 16.5. The van der Waals surface area contributed by atoms with Crippen LogP contribution in [0.3, 0.4) is 0 Å². The fraction of sp³-hybridized carbons (Fsp3) is 0.385. The van der Waals surface area contributed by atoms with Crippen LogP contribution in [0.25, 0.3) is 6.08 Å². The van der Waals surface area contributed by atoms with Gasteiger partial charge in [-0.1, -0.05) is 42.5 Å². The molecule has 0 aliphatic heterocycles. The molecule has 0 bridgehead atoms. The lowest BCUT2D eigenvalue weighted by Crippen LogP contribution is -2.03. The topological polar surface area (TPSA) is 49.7 Å². The van der Waals surface area contributed by atoms with E-state index in [1.807, 2.05) is 31.2 Å². The van der Waals surface area contributed by atoms with Gasteiger partial charge in [-0.2, -0.15) is 0 Å². The van der Waals surface area contributed by atoms with E-state index >= 15 is 0 Å². The maximum Gasteiger partial charge on any atom is 0.0698 e. The maximum absolute atomic E-state index is 8.09. The van der Waals surface area contributed by atoms with Crippen LogP contribution in [0.2, 0.25) is 0 Å². The highest BCUT2D eigenvalue weighted by molar-refractivity contribution is 5.47. The molecule has 16 heavy (non-hydrogen) atoms. The molecule has 0 aliphatic carbocycles. The van der Waals surface area contributed by atoms with Crippen molar-refractivity contribution >= 4 is 6.08 Å². The van der Waals surface area contributed by atoms with Crippen LogP contribution in [-0.2, 0) is 4.74 Å². The smallest absolute Gasteiger partial charge is 0.0698 e. The molecule has 0 amide bonds. The summed E-state index contributed by atoms with van der Waals surface area (Å²) in [7, 11) is 0. The molecule has 0 heterocycles. The number of hydrogen-bond donors (Lipinski definition) is 2. The van der Waals surface area contributed by atoms with Crippen molar-refractivity contribution in [3.8, 4) is 0 Å². The van der Waals surface area contributed by atoms with Crippen molar-refractivity contribution in [2.45, 2.75) is 6.92 Å². The molecule has 0 radical (unpaired) electrons. The SMILES string of the molecule is CC=Cc1ccccc1.OCCOCCO. The van der Waals surface area contributed by atoms with Gasteiger partial charge in [0.25, 0.3) is 0 Å². The Morgan fingerprint density at radius 1 is 1.06 bits per heavy atom. The van der Waals surface area contributed by atoms with E-state index in [2.05, 4.69) is 22.9 Å². The summed E-state index contributed by atoms with van der Waals surface area (Å²) in [6.45, 7) is 2.72. The zero-order valence-electron chi connectivity index (χ0n) is 9.67. The second-order valence-corrected chi connectivity index (χ2v) is 2.97. The van der Waals surface area contributed by atoms with Gasteiger partial charge in [0, 0.05) is 0 Å². The molecular formula is C13H20O3. The molecule has 0 saturated heterocycles. The van der Waals surface area contributed by atoms with E-state index in [9.17, 15) is 0 Å². The van der Waals surface area contributed by atoms with Gasteiger partial charge < -0.3 is 14.9 Å². The minimum atomic E-state index is 0.0278. The molecular weight excluding hydrogens is 204 g/mol. The third-order valence-electron chi connectivity index (χ3n) is 1.63. The Morgan fingerprint density at radius 2 is 1.62 bits per heavy atom. The first-order valence-electron chi connectivity index (χ1n) is 5.32. The van der Waals surface area contributed by atoms with Gasteiger partial charge in [0.2, 0.25) is 0 Å². The Kier molecular flexibility index (Phi) is 11.0. The van der Waals surface area contributed by atoms with Crippen molar-refractivity contribution in [1.82, 2.24) is 0 Å². The molecule has 0 unspecified atom stereocenters. The minimum Gasteiger partial charge on any atom is -0.394 e. The van der Waals surface area contributed by atoms with Crippen LogP contribution in [-0.4, -0.2) is 36.6 Å². The molecule has 0 aromatic heterocycles. The van der Waals surface area contributed by atoms with Crippen LogP contribution in [0.15, 0.2) is 36.4 Å². The summed E-state index contributed by atoms with van der Waals surface area (Å²) in [4.78, 5) is 0. The quantitative estimate of drug-likeness (QED) is 0.748. The standard InChI is InChI=1S/C9H10.C4H10O3/c1-2-6-9-7-4-3-5-8-9;5-1-3-7-4-2-6/h2-8H,1H3;5-6H,1-4H2. The van der Waals surface area contributed by atoms with Gasteiger partial charge in [0.05, 0.1) is 26.4 Å². The third kappa shape index (κ3) is 9.40. The van der Waals surface area contributed by atoms with E-state index < -0.39 is 0 Å². The minimum absolute atomic E-state index is 0.0278. The van der Waals surface area contributed by atoms with Gasteiger partial charge in [0.15, 0.2) is 0 Å². The van der Waals surface area contributed by atoms with Crippen molar-refractivity contribution in [3.63, 3.8) is 0 Å². The maximum atomic E-state index is 8.09. The first kappa shape index (κ1) is 14.8. The number of aliphatic hydroxyl groups is 2. The molecule has 0 spiro atoms. The van der Waals surface area contributed by atoms with Crippen molar-refractivity contribution in [2.24, 2.45) is 0 Å². The number of rotatable bonds is 5. The summed E-state index contributed by atoms with van der Waals surface area (Å²) in [6.07, 6.45) is 4.12. The van der Waals surface area contributed by atoms with Gasteiger partial charge in [-0.25, -0.2) is 0 Å². The highest BCUT2D eigenvalue weighted by Crippen LogP contribution is 1.99. The lowest BCUT2D eigenvalue weighted by Gasteiger charge is -1.94. The van der Waals surface area contributed by atoms with E-state index in [4.69, 9.17) is 10.2 Å². The largest absolute Gasteiger partial charge is 0.394 e. The van der Waals surface area contributed by atoms with Crippen LogP contribution < -0.4 is 0 Å². The fourth-order valence-corrected chi connectivity index (χ4v) is 0.988. The molecule has 3 heteroatoms. The van der Waals surface area contributed by atoms with E-state index in [0.29, 0.717) is 13.2 Å². The first-order valence-corrected chi connectivity index (χ1v) is 5.32. The molecule has 0 fully saturated rings. The van der Waals surface area contributed by atoms with E-state index in [-0.39, 0.29) is 13.2 Å². The Labute approximate surface area is 97.0 Å². The van der Waals surface area contributed by atoms with Crippen molar-refractivity contribution in [1.29, 1.82) is 0 Å². The average molecular weight is 224 g/mol. The molecule has 0 saturated carbocycles. The molecule has 1 aromatic carbocycles. The monoisotopic (exact) mass is 224 g/mol. The molecule has 0 atom stereocenters. The van der Waals surface area contributed by atoms with Gasteiger partial charge in [-0.05, 0) is 12.5 Å². The van der Waals surface area contributed by atoms with Crippen molar-refractivity contribution in [2.75, 3.05) is 26.4 Å². The zero-order valence-corrected chi connectivity index (χ0v) is 9.67. The van der Waals surface area contributed by atoms with Crippen molar-refractivity contribution < 1.29 is 14.9 Å². The molecule has 0 aliphatic rings. The van der Waals surface area contributed by atoms with Crippen LogP contribution in [0.1, 0.15) is 12.5 Å². The Morgan fingerprint density at radius 3 is 2.06 bits per heavy atom. The van der Waals surface area contributed by atoms with Crippen LogP contribution in [0.5, 0.6) is 0 Å². The van der Waals surface area contributed by atoms with Crippen molar-refractivity contribution in [3.05, 3.63) is 42.0 Å². The molecule has 3 nitrogen and oxygen atoms in total. The summed E-state index contributed by atoms with van der Waals surface area (Å²) in [5.41, 5.74) is 1.26. The van der Waals surface area contributed by atoms with E-state index in [1.54, 1.807) is 0 Å². The van der Waals surface area contributed by atoms with Crippen LogP contribution in [0.4, 0.5) is 0 Å². The second kappa shape index (κ2) is 11.9. The van der Waals surface area contributed by atoms with Crippen LogP contribution in [0, 0.1) is 0 Å². The number of benzene rings is 1. The Bertz CT molecular complexity index is 253. The predicted octanol–water partition coefficient (Wildman–Crippen LogP) is 1.71. The summed E-state index contributed by atoms with van der Waals surface area (Å²) in [5, 5.41) is 16.2. The molecule has 1 rings (SSSR count). The predicted molar refractivity (Wildman–Crippen MR) is 66.1 cm³/mol. The van der Waals surface area contributed by atoms with Gasteiger partial charge >= 0.3 is 0 Å². The Balaban J connectivity index is 0.000000293. The molecule has 1 aromatic rings. The van der Waals surface area contributed by atoms with Crippen LogP contribution >= 0.6 is 0 Å². The van der Waals surface area contributed by atoms with Gasteiger partial charge in [-0.15, -0.1) is 0 Å². The van der Waals surface area contributed by atoms with Gasteiger partial charge in [0.1, 0.15) is 0 Å². The number of allylic oxidation sites excluding steroid dienone is 1. The normalized spacial score (nSPS) is 9.94. The number of hydrogen-bond acceptors (Lipinski definition) is 3. The summed E-state index contributed by atoms with van der Waals surface area (Å²) >= 11 is 0. The van der Waals surface area contributed by atoms with E-state index in [1.165, 1.54) is 5.56 Å². The first-order chi connectivity index (χ1) is 7.85. The Hall–Kier alpha value is -1.16. The zero-order chi connectivity index (χ0) is 12.1. The fourth-order valence-electron chi connectivity index (χ4n) is 0.988. The molecule has 2 N–H and O–H groups in total. The summed E-state index contributed by atoms with van der Waals surface area (Å²) in [6, 6.07) is 10.3. The summed E-state index contributed by atoms with van der Waals surface area (Å²) < 4.78 is 4.63. The third-order valence-corrected chi connectivity index (χ3v) is 1.63.